The van der Waals surface area contributed by atoms with Crippen molar-refractivity contribution in [1.29, 1.82) is 0 Å². The third kappa shape index (κ3) is 5.11. The van der Waals surface area contributed by atoms with Crippen LogP contribution in [0.5, 0.6) is 11.5 Å². The van der Waals surface area contributed by atoms with E-state index in [1.165, 1.54) is 0 Å². The molecular formula is C27H33N3O5. The van der Waals surface area contributed by atoms with E-state index in [0.717, 1.165) is 46.8 Å². The molecule has 1 saturated carbocycles. The molecular weight excluding hydrogens is 446 g/mol. The molecule has 2 fully saturated rings. The lowest BCUT2D eigenvalue weighted by Crippen LogP contribution is -2.54. The van der Waals surface area contributed by atoms with Crippen molar-refractivity contribution in [3.8, 4) is 11.5 Å². The molecule has 8 heteroatoms. The molecule has 1 aliphatic carbocycles. The third-order valence-corrected chi connectivity index (χ3v) is 7.26. The summed E-state index contributed by atoms with van der Waals surface area (Å²) in [6, 6.07) is 14.3. The lowest BCUT2D eigenvalue weighted by Gasteiger charge is -2.36. The van der Waals surface area contributed by atoms with Gasteiger partial charge in [0.25, 0.3) is 5.91 Å². The maximum Gasteiger partial charge on any atom is 0.325 e. The van der Waals surface area contributed by atoms with Crippen molar-refractivity contribution >= 4 is 17.8 Å². The van der Waals surface area contributed by atoms with E-state index >= 15 is 0 Å². The van der Waals surface area contributed by atoms with Crippen LogP contribution in [0.3, 0.4) is 0 Å². The van der Waals surface area contributed by atoms with Crippen LogP contribution in [0.4, 0.5) is 4.79 Å². The van der Waals surface area contributed by atoms with Gasteiger partial charge in [-0.05, 0) is 60.6 Å². The first-order valence-electron chi connectivity index (χ1n) is 12.1. The van der Waals surface area contributed by atoms with Crippen LogP contribution in [0, 0.1) is 5.92 Å². The summed E-state index contributed by atoms with van der Waals surface area (Å²) in [5.41, 5.74) is 1.02. The van der Waals surface area contributed by atoms with E-state index in [4.69, 9.17) is 9.47 Å². The fourth-order valence-electron chi connectivity index (χ4n) is 5.11. The minimum atomic E-state index is -0.881. The molecule has 2 aromatic carbocycles. The normalized spacial score (nSPS) is 22.6. The fourth-order valence-corrected chi connectivity index (χ4v) is 5.11. The van der Waals surface area contributed by atoms with Gasteiger partial charge in [0, 0.05) is 0 Å². The van der Waals surface area contributed by atoms with Crippen molar-refractivity contribution in [2.75, 3.05) is 20.8 Å². The number of imide groups is 1. The van der Waals surface area contributed by atoms with E-state index in [0.29, 0.717) is 12.8 Å². The molecule has 0 radical (unpaired) electrons. The molecule has 35 heavy (non-hydrogen) atoms. The van der Waals surface area contributed by atoms with Crippen LogP contribution in [0.15, 0.2) is 48.5 Å². The maximum absolute atomic E-state index is 13.3. The second-order valence-corrected chi connectivity index (χ2v) is 9.39. The average molecular weight is 480 g/mol. The first-order chi connectivity index (χ1) is 16.9. The quantitative estimate of drug-likeness (QED) is 0.564. The Bertz CT molecular complexity index is 1070. The Morgan fingerprint density at radius 2 is 1.69 bits per heavy atom. The van der Waals surface area contributed by atoms with E-state index in [1.807, 2.05) is 55.5 Å². The molecule has 8 nitrogen and oxygen atoms in total. The predicted octanol–water partition coefficient (Wildman–Crippen LogP) is 3.60. The Kier molecular flexibility index (Phi) is 7.28. The summed E-state index contributed by atoms with van der Waals surface area (Å²) < 4.78 is 10.5. The van der Waals surface area contributed by atoms with Gasteiger partial charge in [0.2, 0.25) is 5.91 Å². The topological polar surface area (TPSA) is 97.0 Å². The van der Waals surface area contributed by atoms with E-state index in [9.17, 15) is 14.4 Å². The van der Waals surface area contributed by atoms with Gasteiger partial charge in [-0.2, -0.15) is 0 Å². The molecule has 4 rings (SSSR count). The SMILES string of the molecule is COc1ccc(C[C@H](NC(=O)CN2C(=O)N[C@@]3(CCCC[C@@H]3C)C2=O)c2ccc(OC)cc2)cc1. The molecule has 0 aromatic heterocycles. The van der Waals surface area contributed by atoms with Gasteiger partial charge >= 0.3 is 6.03 Å². The highest BCUT2D eigenvalue weighted by Crippen LogP contribution is 2.38. The Labute approximate surface area is 206 Å². The number of amides is 4. The van der Waals surface area contributed by atoms with Crippen molar-refractivity contribution in [2.45, 2.75) is 50.6 Å². The molecule has 1 aliphatic heterocycles. The number of nitrogens with one attached hydrogen (secondary N) is 2. The summed E-state index contributed by atoms with van der Waals surface area (Å²) >= 11 is 0. The summed E-state index contributed by atoms with van der Waals surface area (Å²) in [5.74, 6) is 0.838. The molecule has 186 valence electrons. The first kappa shape index (κ1) is 24.6. The van der Waals surface area contributed by atoms with Crippen molar-refractivity contribution in [2.24, 2.45) is 5.92 Å². The molecule has 0 bridgehead atoms. The van der Waals surface area contributed by atoms with Crippen LogP contribution in [0.2, 0.25) is 0 Å². The van der Waals surface area contributed by atoms with E-state index < -0.39 is 11.6 Å². The number of benzene rings is 2. The molecule has 2 N–H and O–H groups in total. The summed E-state index contributed by atoms with van der Waals surface area (Å²) in [5, 5.41) is 5.94. The monoisotopic (exact) mass is 479 g/mol. The molecule has 3 atom stereocenters. The van der Waals surface area contributed by atoms with Gasteiger partial charge in [-0.3, -0.25) is 14.5 Å². The summed E-state index contributed by atoms with van der Waals surface area (Å²) in [4.78, 5) is 40.1. The van der Waals surface area contributed by atoms with Crippen molar-refractivity contribution in [3.05, 3.63) is 59.7 Å². The zero-order valence-electron chi connectivity index (χ0n) is 20.5. The molecule has 0 unspecified atom stereocenters. The Morgan fingerprint density at radius 3 is 2.29 bits per heavy atom. The van der Waals surface area contributed by atoms with Crippen molar-refractivity contribution in [1.82, 2.24) is 15.5 Å². The number of carbonyl (C=O) groups is 3. The van der Waals surface area contributed by atoms with E-state index in [-0.39, 0.29) is 30.3 Å². The average Bonchev–Trinajstić information content (AvgIpc) is 3.10. The third-order valence-electron chi connectivity index (χ3n) is 7.26. The zero-order chi connectivity index (χ0) is 25.0. The summed E-state index contributed by atoms with van der Waals surface area (Å²) in [6.07, 6.45) is 3.96. The minimum absolute atomic E-state index is 0.0443. The van der Waals surface area contributed by atoms with Gasteiger partial charge in [-0.1, -0.05) is 44.0 Å². The molecule has 1 spiro atoms. The Hall–Kier alpha value is -3.55. The van der Waals surface area contributed by atoms with E-state index in [1.54, 1.807) is 14.2 Å². The number of methoxy groups -OCH3 is 2. The lowest BCUT2D eigenvalue weighted by molar-refractivity contribution is -0.137. The maximum atomic E-state index is 13.3. The number of rotatable bonds is 8. The number of hydrogen-bond acceptors (Lipinski definition) is 5. The van der Waals surface area contributed by atoms with Gasteiger partial charge < -0.3 is 20.1 Å². The number of ether oxygens (including phenoxy) is 2. The predicted molar refractivity (Wildman–Crippen MR) is 131 cm³/mol. The zero-order valence-corrected chi connectivity index (χ0v) is 20.5. The van der Waals surface area contributed by atoms with Crippen LogP contribution >= 0.6 is 0 Å². The highest BCUT2D eigenvalue weighted by Gasteiger charge is 2.55. The van der Waals surface area contributed by atoms with Crippen molar-refractivity contribution in [3.63, 3.8) is 0 Å². The standard InChI is InChI=1S/C27H33N3O5/c1-18-6-4-5-15-27(18)25(32)30(26(33)29-27)17-24(31)28-23(20-9-13-22(35-3)14-10-20)16-19-7-11-21(34-2)12-8-19/h7-14,18,23H,4-6,15-17H2,1-3H3,(H,28,31)(H,29,33)/t18-,23-,27+/m0/s1. The first-order valence-corrected chi connectivity index (χ1v) is 12.1. The second-order valence-electron chi connectivity index (χ2n) is 9.39. The number of nitrogens with zero attached hydrogens (tertiary/aromatic N) is 1. The van der Waals surface area contributed by atoms with Crippen LogP contribution in [-0.2, 0) is 16.0 Å². The van der Waals surface area contributed by atoms with Gasteiger partial charge in [0.1, 0.15) is 23.6 Å². The van der Waals surface area contributed by atoms with E-state index in [2.05, 4.69) is 10.6 Å². The number of carbonyl (C=O) groups excluding carboxylic acids is 3. The van der Waals surface area contributed by atoms with Crippen LogP contribution in [-0.4, -0.2) is 49.0 Å². The van der Waals surface area contributed by atoms with Gasteiger partial charge in [0.05, 0.1) is 20.3 Å². The van der Waals surface area contributed by atoms with Crippen molar-refractivity contribution < 1.29 is 23.9 Å². The molecule has 1 saturated heterocycles. The van der Waals surface area contributed by atoms with Gasteiger partial charge in [-0.15, -0.1) is 0 Å². The second kappa shape index (κ2) is 10.4. The van der Waals surface area contributed by atoms with Gasteiger partial charge in [0.15, 0.2) is 0 Å². The van der Waals surface area contributed by atoms with Crippen LogP contribution < -0.4 is 20.1 Å². The molecule has 4 amide bonds. The highest BCUT2D eigenvalue weighted by atomic mass is 16.5. The Morgan fingerprint density at radius 1 is 1.06 bits per heavy atom. The number of hydrogen-bond donors (Lipinski definition) is 2. The molecule has 2 aromatic rings. The van der Waals surface area contributed by atoms with Gasteiger partial charge in [-0.25, -0.2) is 4.79 Å². The summed E-state index contributed by atoms with van der Waals surface area (Å²) in [7, 11) is 3.22. The molecule has 2 aliphatic rings. The Balaban J connectivity index is 1.50. The minimum Gasteiger partial charge on any atom is -0.497 e. The lowest BCUT2D eigenvalue weighted by atomic mass is 9.73. The smallest absolute Gasteiger partial charge is 0.325 e. The summed E-state index contributed by atoms with van der Waals surface area (Å²) in [6.45, 7) is 1.68. The van der Waals surface area contributed by atoms with Crippen LogP contribution in [0.1, 0.15) is 49.8 Å². The largest absolute Gasteiger partial charge is 0.497 e. The molecule has 1 heterocycles. The number of urea groups is 1. The fraction of sp³-hybridized carbons (Fsp3) is 0.444. The highest BCUT2D eigenvalue weighted by molar-refractivity contribution is 6.09. The van der Waals surface area contributed by atoms with Crippen LogP contribution in [0.25, 0.3) is 0 Å².